The summed E-state index contributed by atoms with van der Waals surface area (Å²) in [6, 6.07) is 4.44. The summed E-state index contributed by atoms with van der Waals surface area (Å²) in [7, 11) is 0. The van der Waals surface area contributed by atoms with Crippen molar-refractivity contribution in [3.05, 3.63) is 29.6 Å². The lowest BCUT2D eigenvalue weighted by Crippen LogP contribution is -2.38. The number of carbonyl (C=O) groups is 1. The highest BCUT2D eigenvalue weighted by atomic mass is 32.1. The highest BCUT2D eigenvalue weighted by Gasteiger charge is 2.29. The maximum atomic E-state index is 13.7. The van der Waals surface area contributed by atoms with Gasteiger partial charge in [-0.05, 0) is 50.8 Å². The summed E-state index contributed by atoms with van der Waals surface area (Å²) < 4.78 is 13.7. The van der Waals surface area contributed by atoms with E-state index in [-0.39, 0.29) is 17.5 Å². The summed E-state index contributed by atoms with van der Waals surface area (Å²) in [5.41, 5.74) is 0.122. The minimum absolute atomic E-state index is 0.0843. The molecule has 2 rings (SSSR count). The zero-order valence-electron chi connectivity index (χ0n) is 10.7. The van der Waals surface area contributed by atoms with E-state index >= 15 is 0 Å². The number of benzene rings is 1. The monoisotopic (exact) mass is 267 g/mol. The lowest BCUT2D eigenvalue weighted by atomic mass is 10.1. The molecule has 1 saturated carbocycles. The van der Waals surface area contributed by atoms with E-state index in [0.717, 1.165) is 6.54 Å². The van der Waals surface area contributed by atoms with Gasteiger partial charge < -0.3 is 4.90 Å². The van der Waals surface area contributed by atoms with Crippen LogP contribution in [-0.2, 0) is 0 Å². The summed E-state index contributed by atoms with van der Waals surface area (Å²) in [4.78, 5) is 14.7. The van der Waals surface area contributed by atoms with Gasteiger partial charge in [0.1, 0.15) is 5.82 Å². The molecule has 0 unspecified atom stereocenters. The average molecular weight is 267 g/mol. The largest absolute Gasteiger partial charge is 0.336 e. The summed E-state index contributed by atoms with van der Waals surface area (Å²) in [5, 5.41) is 0. The van der Waals surface area contributed by atoms with Gasteiger partial charge in [0.15, 0.2) is 0 Å². The predicted molar refractivity (Wildman–Crippen MR) is 72.5 cm³/mol. The van der Waals surface area contributed by atoms with Crippen LogP contribution < -0.4 is 0 Å². The van der Waals surface area contributed by atoms with Crippen LogP contribution in [0.2, 0.25) is 0 Å². The smallest absolute Gasteiger partial charge is 0.257 e. The predicted octanol–water partition coefficient (Wildman–Crippen LogP) is 3.38. The molecule has 2 nitrogen and oxygen atoms in total. The molecule has 0 N–H and O–H groups in total. The third kappa shape index (κ3) is 3.05. The number of nitrogens with zero attached hydrogens (tertiary/aromatic N) is 1. The first-order valence-corrected chi connectivity index (χ1v) is 6.73. The van der Waals surface area contributed by atoms with E-state index in [9.17, 15) is 9.18 Å². The highest BCUT2D eigenvalue weighted by Crippen LogP contribution is 2.31. The molecule has 98 valence electrons. The molecule has 1 fully saturated rings. The number of halogens is 1. The first-order valence-electron chi connectivity index (χ1n) is 6.28. The first-order chi connectivity index (χ1) is 8.49. The fourth-order valence-electron chi connectivity index (χ4n) is 1.94. The number of rotatable bonds is 4. The highest BCUT2D eigenvalue weighted by molar-refractivity contribution is 7.80. The number of thiol groups is 1. The third-order valence-electron chi connectivity index (χ3n) is 3.22. The van der Waals surface area contributed by atoms with Gasteiger partial charge >= 0.3 is 0 Å². The fourth-order valence-corrected chi connectivity index (χ4v) is 2.14. The number of amides is 1. The molecule has 1 aromatic rings. The van der Waals surface area contributed by atoms with E-state index in [1.54, 1.807) is 11.0 Å². The quantitative estimate of drug-likeness (QED) is 0.829. The number of carbonyl (C=O) groups excluding carboxylic acids is 1. The zero-order chi connectivity index (χ0) is 13.3. The van der Waals surface area contributed by atoms with Gasteiger partial charge in [-0.2, -0.15) is 0 Å². The minimum Gasteiger partial charge on any atom is -0.336 e. The lowest BCUT2D eigenvalue weighted by molar-refractivity contribution is 0.0691. The van der Waals surface area contributed by atoms with Crippen LogP contribution in [0.1, 0.15) is 37.0 Å². The normalized spacial score (nSPS) is 14.9. The standard InChI is InChI=1S/C14H18FNOS/c1-9(2)16(8-10-3-4-10)14(17)12-7-11(18)5-6-13(12)15/h5-7,9-10,18H,3-4,8H2,1-2H3. The Morgan fingerprint density at radius 3 is 2.72 bits per heavy atom. The van der Waals surface area contributed by atoms with E-state index in [1.807, 2.05) is 13.8 Å². The molecule has 0 aromatic heterocycles. The summed E-state index contributed by atoms with van der Waals surface area (Å²) >= 11 is 4.16. The topological polar surface area (TPSA) is 20.3 Å². The van der Waals surface area contributed by atoms with Crippen molar-refractivity contribution in [2.45, 2.75) is 37.6 Å². The molecule has 1 aromatic carbocycles. The molecule has 1 aliphatic carbocycles. The van der Waals surface area contributed by atoms with Crippen molar-refractivity contribution in [1.82, 2.24) is 4.90 Å². The van der Waals surface area contributed by atoms with E-state index in [1.165, 1.54) is 25.0 Å². The molecule has 0 saturated heterocycles. The maximum absolute atomic E-state index is 13.7. The van der Waals surface area contributed by atoms with Crippen molar-refractivity contribution < 1.29 is 9.18 Å². The molecule has 0 aliphatic heterocycles. The lowest BCUT2D eigenvalue weighted by Gasteiger charge is -2.27. The van der Waals surface area contributed by atoms with Crippen molar-refractivity contribution in [1.29, 1.82) is 0 Å². The van der Waals surface area contributed by atoms with Crippen molar-refractivity contribution in [2.24, 2.45) is 5.92 Å². The van der Waals surface area contributed by atoms with Crippen LogP contribution in [-0.4, -0.2) is 23.4 Å². The van der Waals surface area contributed by atoms with Crippen LogP contribution in [0, 0.1) is 11.7 Å². The molecule has 0 spiro atoms. The first kappa shape index (κ1) is 13.4. The maximum Gasteiger partial charge on any atom is 0.257 e. The minimum atomic E-state index is -0.473. The van der Waals surface area contributed by atoms with Gasteiger partial charge in [-0.1, -0.05) is 0 Å². The Kier molecular flexibility index (Phi) is 3.95. The van der Waals surface area contributed by atoms with Gasteiger partial charge in [0.25, 0.3) is 5.91 Å². The molecular weight excluding hydrogens is 249 g/mol. The van der Waals surface area contributed by atoms with Crippen LogP contribution >= 0.6 is 12.6 Å². The Bertz CT molecular complexity index is 457. The van der Waals surface area contributed by atoms with Gasteiger partial charge in [0.2, 0.25) is 0 Å². The Labute approximate surface area is 113 Å². The molecule has 0 atom stereocenters. The molecule has 1 amide bonds. The summed E-state index contributed by atoms with van der Waals surface area (Å²) in [6.45, 7) is 4.65. The fraction of sp³-hybridized carbons (Fsp3) is 0.500. The number of hydrogen-bond acceptors (Lipinski definition) is 2. The summed E-state index contributed by atoms with van der Waals surface area (Å²) in [6.07, 6.45) is 2.34. The van der Waals surface area contributed by atoms with Crippen LogP contribution in [0.3, 0.4) is 0 Å². The van der Waals surface area contributed by atoms with Crippen molar-refractivity contribution in [2.75, 3.05) is 6.54 Å². The molecular formula is C14H18FNOS. The molecule has 1 aliphatic rings. The molecule has 18 heavy (non-hydrogen) atoms. The third-order valence-corrected chi connectivity index (χ3v) is 3.49. The Balaban J connectivity index is 2.23. The molecule has 0 radical (unpaired) electrons. The van der Waals surface area contributed by atoms with E-state index in [0.29, 0.717) is 10.8 Å². The number of hydrogen-bond donors (Lipinski definition) is 1. The molecule has 0 bridgehead atoms. The van der Waals surface area contributed by atoms with Gasteiger partial charge in [-0.3, -0.25) is 4.79 Å². The van der Waals surface area contributed by atoms with Gasteiger partial charge in [0, 0.05) is 17.5 Å². The van der Waals surface area contributed by atoms with Crippen LogP contribution in [0.5, 0.6) is 0 Å². The van der Waals surface area contributed by atoms with E-state index < -0.39 is 5.82 Å². The Morgan fingerprint density at radius 2 is 2.17 bits per heavy atom. The second-order valence-corrected chi connectivity index (χ2v) is 5.68. The second kappa shape index (κ2) is 5.31. The van der Waals surface area contributed by atoms with E-state index in [4.69, 9.17) is 0 Å². The summed E-state index contributed by atoms with van der Waals surface area (Å²) in [5.74, 6) is -0.108. The van der Waals surface area contributed by atoms with E-state index in [2.05, 4.69) is 12.6 Å². The van der Waals surface area contributed by atoms with Crippen molar-refractivity contribution in [3.63, 3.8) is 0 Å². The Hall–Kier alpha value is -1.03. The van der Waals surface area contributed by atoms with Crippen LogP contribution in [0.4, 0.5) is 4.39 Å². The van der Waals surface area contributed by atoms with Crippen LogP contribution in [0.15, 0.2) is 23.1 Å². The van der Waals surface area contributed by atoms with Crippen molar-refractivity contribution in [3.8, 4) is 0 Å². The van der Waals surface area contributed by atoms with Gasteiger partial charge in [0.05, 0.1) is 5.56 Å². The Morgan fingerprint density at radius 1 is 1.50 bits per heavy atom. The molecule has 0 heterocycles. The zero-order valence-corrected chi connectivity index (χ0v) is 11.6. The molecule has 4 heteroatoms. The van der Waals surface area contributed by atoms with Crippen LogP contribution in [0.25, 0.3) is 0 Å². The SMILES string of the molecule is CC(C)N(CC1CC1)C(=O)c1cc(S)ccc1F. The second-order valence-electron chi connectivity index (χ2n) is 5.16. The van der Waals surface area contributed by atoms with Gasteiger partial charge in [-0.15, -0.1) is 12.6 Å². The van der Waals surface area contributed by atoms with Gasteiger partial charge in [-0.25, -0.2) is 4.39 Å². The van der Waals surface area contributed by atoms with Crippen molar-refractivity contribution >= 4 is 18.5 Å². The average Bonchev–Trinajstić information content (AvgIpc) is 3.12.